The Balaban J connectivity index is 2.25. The van der Waals surface area contributed by atoms with Crippen LogP contribution >= 0.6 is 11.6 Å². The van der Waals surface area contributed by atoms with Gasteiger partial charge in [-0.15, -0.1) is 0 Å². The van der Waals surface area contributed by atoms with Gasteiger partial charge in [0.2, 0.25) is 11.8 Å². The van der Waals surface area contributed by atoms with E-state index in [1.807, 2.05) is 57.2 Å². The maximum absolute atomic E-state index is 13.1. The van der Waals surface area contributed by atoms with Crippen LogP contribution in [0.2, 0.25) is 5.02 Å². The Kier molecular flexibility index (Phi) is 8.06. The Morgan fingerprint density at radius 1 is 1.11 bits per heavy atom. The molecule has 4 nitrogen and oxygen atoms in total. The fourth-order valence-corrected chi connectivity index (χ4v) is 3.16. The number of halogens is 1. The third-order valence-corrected chi connectivity index (χ3v) is 5.25. The summed E-state index contributed by atoms with van der Waals surface area (Å²) >= 11 is 6.06. The second-order valence-electron chi connectivity index (χ2n) is 7.25. The first-order valence-corrected chi connectivity index (χ1v) is 10.1. The van der Waals surface area contributed by atoms with E-state index in [0.717, 1.165) is 23.1 Å². The van der Waals surface area contributed by atoms with Gasteiger partial charge in [0, 0.05) is 17.6 Å². The zero-order chi connectivity index (χ0) is 20.7. The predicted molar refractivity (Wildman–Crippen MR) is 114 cm³/mol. The van der Waals surface area contributed by atoms with Crippen LogP contribution < -0.4 is 5.32 Å². The SMILES string of the molecule is CC[C@H](C)NC(=O)[C@H](C)N(Cc1ccccc1C)C(=O)Cc1cccc(Cl)c1. The monoisotopic (exact) mass is 400 g/mol. The molecule has 0 spiro atoms. The highest BCUT2D eigenvalue weighted by atomic mass is 35.5. The number of amides is 2. The molecule has 0 bridgehead atoms. The highest BCUT2D eigenvalue weighted by Gasteiger charge is 2.27. The van der Waals surface area contributed by atoms with Crippen molar-refractivity contribution in [3.05, 3.63) is 70.2 Å². The summed E-state index contributed by atoms with van der Waals surface area (Å²) in [4.78, 5) is 27.5. The van der Waals surface area contributed by atoms with E-state index in [1.54, 1.807) is 24.0 Å². The maximum atomic E-state index is 13.1. The van der Waals surface area contributed by atoms with Crippen LogP contribution in [0.5, 0.6) is 0 Å². The Labute approximate surface area is 172 Å². The smallest absolute Gasteiger partial charge is 0.242 e. The highest BCUT2D eigenvalue weighted by Crippen LogP contribution is 2.17. The van der Waals surface area contributed by atoms with Crippen LogP contribution in [0.4, 0.5) is 0 Å². The van der Waals surface area contributed by atoms with Gasteiger partial charge in [0.25, 0.3) is 0 Å². The van der Waals surface area contributed by atoms with Gasteiger partial charge in [-0.1, -0.05) is 54.9 Å². The molecule has 0 unspecified atom stereocenters. The zero-order valence-electron chi connectivity index (χ0n) is 17.0. The molecule has 150 valence electrons. The Morgan fingerprint density at radius 3 is 2.46 bits per heavy atom. The average Bonchev–Trinajstić information content (AvgIpc) is 2.66. The molecule has 2 atom stereocenters. The quantitative estimate of drug-likeness (QED) is 0.708. The van der Waals surface area contributed by atoms with Gasteiger partial charge in [-0.05, 0) is 56.0 Å². The number of carbonyl (C=O) groups excluding carboxylic acids is 2. The average molecular weight is 401 g/mol. The van der Waals surface area contributed by atoms with Crippen molar-refractivity contribution in [1.29, 1.82) is 0 Å². The number of aryl methyl sites for hydroxylation is 1. The van der Waals surface area contributed by atoms with Crippen molar-refractivity contribution in [3.8, 4) is 0 Å². The number of hydrogen-bond acceptors (Lipinski definition) is 2. The zero-order valence-corrected chi connectivity index (χ0v) is 17.8. The lowest BCUT2D eigenvalue weighted by molar-refractivity contribution is -0.140. The summed E-state index contributed by atoms with van der Waals surface area (Å²) in [5.41, 5.74) is 2.96. The van der Waals surface area contributed by atoms with Gasteiger partial charge in [-0.3, -0.25) is 9.59 Å². The van der Waals surface area contributed by atoms with Crippen LogP contribution in [0, 0.1) is 6.92 Å². The minimum atomic E-state index is -0.569. The number of carbonyl (C=O) groups is 2. The van der Waals surface area contributed by atoms with Gasteiger partial charge < -0.3 is 10.2 Å². The molecular formula is C23H29ClN2O2. The molecular weight excluding hydrogens is 372 g/mol. The lowest BCUT2D eigenvalue weighted by Crippen LogP contribution is -2.50. The van der Waals surface area contributed by atoms with E-state index in [9.17, 15) is 9.59 Å². The van der Waals surface area contributed by atoms with Crippen LogP contribution in [0.15, 0.2) is 48.5 Å². The van der Waals surface area contributed by atoms with Crippen molar-refractivity contribution in [2.45, 2.75) is 59.2 Å². The molecule has 0 aliphatic carbocycles. The van der Waals surface area contributed by atoms with Crippen LogP contribution in [0.3, 0.4) is 0 Å². The molecule has 0 aromatic heterocycles. The second kappa shape index (κ2) is 10.3. The Bertz CT molecular complexity index is 822. The van der Waals surface area contributed by atoms with E-state index in [2.05, 4.69) is 5.32 Å². The molecule has 0 saturated heterocycles. The van der Waals surface area contributed by atoms with E-state index >= 15 is 0 Å². The molecule has 2 rings (SSSR count). The Hall–Kier alpha value is -2.33. The number of nitrogens with one attached hydrogen (secondary N) is 1. The van der Waals surface area contributed by atoms with Crippen LogP contribution in [-0.2, 0) is 22.6 Å². The van der Waals surface area contributed by atoms with E-state index in [-0.39, 0.29) is 24.3 Å². The van der Waals surface area contributed by atoms with Crippen LogP contribution in [-0.4, -0.2) is 28.8 Å². The molecule has 1 N–H and O–H groups in total. The largest absolute Gasteiger partial charge is 0.352 e. The summed E-state index contributed by atoms with van der Waals surface area (Å²) in [6.07, 6.45) is 1.04. The van der Waals surface area contributed by atoms with Crippen molar-refractivity contribution < 1.29 is 9.59 Å². The van der Waals surface area contributed by atoms with Gasteiger partial charge in [0.05, 0.1) is 6.42 Å². The lowest BCUT2D eigenvalue weighted by Gasteiger charge is -2.30. The molecule has 2 aromatic rings. The molecule has 2 aromatic carbocycles. The van der Waals surface area contributed by atoms with Crippen molar-refractivity contribution in [3.63, 3.8) is 0 Å². The third kappa shape index (κ3) is 6.10. The van der Waals surface area contributed by atoms with Crippen molar-refractivity contribution in [1.82, 2.24) is 10.2 Å². The summed E-state index contributed by atoms with van der Waals surface area (Å²) in [7, 11) is 0. The first kappa shape index (κ1) is 22.0. The predicted octanol–water partition coefficient (Wildman–Crippen LogP) is 4.52. The lowest BCUT2D eigenvalue weighted by atomic mass is 10.1. The topological polar surface area (TPSA) is 49.4 Å². The first-order chi connectivity index (χ1) is 13.3. The number of rotatable bonds is 8. The van der Waals surface area contributed by atoms with E-state index in [0.29, 0.717) is 11.6 Å². The normalized spacial score (nSPS) is 12.9. The fraction of sp³-hybridized carbons (Fsp3) is 0.391. The summed E-state index contributed by atoms with van der Waals surface area (Å²) in [5.74, 6) is -0.236. The summed E-state index contributed by atoms with van der Waals surface area (Å²) < 4.78 is 0. The number of benzene rings is 2. The second-order valence-corrected chi connectivity index (χ2v) is 7.69. The molecule has 0 aliphatic rings. The summed E-state index contributed by atoms with van der Waals surface area (Å²) in [6, 6.07) is 14.7. The number of nitrogens with zero attached hydrogens (tertiary/aromatic N) is 1. The van der Waals surface area contributed by atoms with Gasteiger partial charge in [0.15, 0.2) is 0 Å². The molecule has 0 radical (unpaired) electrons. The maximum Gasteiger partial charge on any atom is 0.242 e. The minimum Gasteiger partial charge on any atom is -0.352 e. The summed E-state index contributed by atoms with van der Waals surface area (Å²) in [5, 5.41) is 3.58. The van der Waals surface area contributed by atoms with Gasteiger partial charge in [-0.2, -0.15) is 0 Å². The van der Waals surface area contributed by atoms with Crippen molar-refractivity contribution in [2.75, 3.05) is 0 Å². The molecule has 28 heavy (non-hydrogen) atoms. The molecule has 0 fully saturated rings. The standard InChI is InChI=1S/C23H29ClN2O2/c1-5-17(3)25-23(28)18(4)26(15-20-11-7-6-9-16(20)2)22(27)14-19-10-8-12-21(24)13-19/h6-13,17-18H,5,14-15H2,1-4H3,(H,25,28)/t17-,18-/m0/s1. The molecule has 0 aliphatic heterocycles. The summed E-state index contributed by atoms with van der Waals surface area (Å²) in [6.45, 7) is 8.17. The highest BCUT2D eigenvalue weighted by molar-refractivity contribution is 6.30. The molecule has 5 heteroatoms. The van der Waals surface area contributed by atoms with Gasteiger partial charge in [0.1, 0.15) is 6.04 Å². The van der Waals surface area contributed by atoms with Crippen molar-refractivity contribution >= 4 is 23.4 Å². The Morgan fingerprint density at radius 2 is 1.82 bits per heavy atom. The number of hydrogen-bond donors (Lipinski definition) is 1. The van der Waals surface area contributed by atoms with Gasteiger partial charge in [-0.25, -0.2) is 0 Å². The van der Waals surface area contributed by atoms with E-state index in [1.165, 1.54) is 0 Å². The van der Waals surface area contributed by atoms with Gasteiger partial charge >= 0.3 is 0 Å². The third-order valence-electron chi connectivity index (χ3n) is 5.01. The van der Waals surface area contributed by atoms with Crippen LogP contribution in [0.1, 0.15) is 43.9 Å². The first-order valence-electron chi connectivity index (χ1n) is 9.70. The fourth-order valence-electron chi connectivity index (χ4n) is 2.94. The molecule has 2 amide bonds. The minimum absolute atomic E-state index is 0.0679. The van der Waals surface area contributed by atoms with Crippen molar-refractivity contribution in [2.24, 2.45) is 0 Å². The van der Waals surface area contributed by atoms with E-state index in [4.69, 9.17) is 11.6 Å². The van der Waals surface area contributed by atoms with E-state index < -0.39 is 6.04 Å². The van der Waals surface area contributed by atoms with Crippen LogP contribution in [0.25, 0.3) is 0 Å². The molecule has 0 heterocycles. The molecule has 0 saturated carbocycles.